The molecule has 3 aromatic rings. The van der Waals surface area contributed by atoms with E-state index in [9.17, 15) is 40.3 Å². The van der Waals surface area contributed by atoms with E-state index in [1.165, 1.54) is 0 Å². The van der Waals surface area contributed by atoms with E-state index in [4.69, 9.17) is 9.90 Å². The number of carbonyl (C=O) groups is 2. The van der Waals surface area contributed by atoms with Crippen molar-refractivity contribution in [1.29, 1.82) is 0 Å². The molecule has 3 N–H and O–H groups in total. The summed E-state index contributed by atoms with van der Waals surface area (Å²) in [5, 5.41) is 20.9. The van der Waals surface area contributed by atoms with Crippen molar-refractivity contribution in [3.05, 3.63) is 64.6 Å². The van der Waals surface area contributed by atoms with Gasteiger partial charge in [-0.25, -0.2) is 31.8 Å². The minimum absolute atomic E-state index is 0.107. The molecule has 0 amide bonds. The van der Waals surface area contributed by atoms with Crippen LogP contribution >= 0.6 is 0 Å². The van der Waals surface area contributed by atoms with Gasteiger partial charge in [-0.05, 0) is 57.0 Å². The number of aryl methyl sites for hydroxylation is 2. The van der Waals surface area contributed by atoms with Crippen LogP contribution in [-0.4, -0.2) is 65.1 Å². The number of pyridine rings is 1. The second-order valence-electron chi connectivity index (χ2n) is 8.52. The van der Waals surface area contributed by atoms with Crippen molar-refractivity contribution in [3.63, 3.8) is 0 Å². The van der Waals surface area contributed by atoms with Gasteiger partial charge >= 0.3 is 18.1 Å². The maximum absolute atomic E-state index is 13.6. The van der Waals surface area contributed by atoms with Gasteiger partial charge in [-0.1, -0.05) is 0 Å². The number of halogens is 5. The van der Waals surface area contributed by atoms with Crippen LogP contribution in [0.25, 0.3) is 0 Å². The molecule has 0 aliphatic heterocycles. The van der Waals surface area contributed by atoms with Crippen molar-refractivity contribution in [2.75, 3.05) is 23.2 Å². The van der Waals surface area contributed by atoms with E-state index in [0.29, 0.717) is 25.1 Å². The summed E-state index contributed by atoms with van der Waals surface area (Å²) in [7, 11) is -2.67. The van der Waals surface area contributed by atoms with Crippen molar-refractivity contribution in [1.82, 2.24) is 14.8 Å². The fourth-order valence-corrected chi connectivity index (χ4v) is 4.65. The number of benzene rings is 1. The number of alkyl halides is 3. The van der Waals surface area contributed by atoms with Crippen molar-refractivity contribution >= 4 is 33.5 Å². The SMILES string of the molecule is CCn1nc(C)c(CCN(C)c2ncc(C(=O)O)cc2NS(=O)(=O)c2ccc(F)c(F)c2)c1C.O=C(O)C(F)(F)F. The van der Waals surface area contributed by atoms with Gasteiger partial charge in [-0.15, -0.1) is 0 Å². The van der Waals surface area contributed by atoms with Crippen molar-refractivity contribution in [2.24, 2.45) is 0 Å². The summed E-state index contributed by atoms with van der Waals surface area (Å²) in [5.74, 6) is -6.39. The number of hydrogen-bond donors (Lipinski definition) is 3. The standard InChI is InChI=1S/C22H25F2N5O4S.C2HF3O2/c1-5-29-14(3)17(13(2)26-29)8-9-28(4)21-20(10-15(12-25-21)22(30)31)27-34(32,33)16-6-7-18(23)19(24)11-16;3-2(4,5)1(6)7/h6-7,10-12,27H,5,8-9H2,1-4H3,(H,30,31);(H,6,7). The van der Waals surface area contributed by atoms with Gasteiger partial charge in [-0.2, -0.15) is 18.3 Å². The van der Waals surface area contributed by atoms with Crippen LogP contribution in [0.15, 0.2) is 35.4 Å². The molecule has 0 radical (unpaired) electrons. The Bertz CT molecular complexity index is 1540. The number of likely N-dealkylation sites (N-methyl/N-ethyl adjacent to an activating group) is 1. The first-order valence-corrected chi connectivity index (χ1v) is 13.1. The topological polar surface area (TPSA) is 155 Å². The third kappa shape index (κ3) is 8.36. The molecular formula is C24H26F5N5O6S. The number of sulfonamides is 1. The number of anilines is 2. The van der Waals surface area contributed by atoms with Crippen LogP contribution in [0.3, 0.4) is 0 Å². The molecular weight excluding hydrogens is 581 g/mol. The highest BCUT2D eigenvalue weighted by atomic mass is 32.2. The molecule has 41 heavy (non-hydrogen) atoms. The molecule has 3 rings (SSSR count). The van der Waals surface area contributed by atoms with Gasteiger partial charge in [0.15, 0.2) is 17.5 Å². The fourth-order valence-electron chi connectivity index (χ4n) is 3.59. The van der Waals surface area contributed by atoms with Crippen LogP contribution < -0.4 is 9.62 Å². The molecule has 2 heterocycles. The zero-order valence-electron chi connectivity index (χ0n) is 22.1. The van der Waals surface area contributed by atoms with Gasteiger partial charge in [0.2, 0.25) is 0 Å². The van der Waals surface area contributed by atoms with Gasteiger partial charge in [0, 0.05) is 32.0 Å². The molecule has 0 bridgehead atoms. The van der Waals surface area contributed by atoms with E-state index in [1.54, 1.807) is 11.9 Å². The van der Waals surface area contributed by atoms with Crippen LogP contribution in [0.1, 0.15) is 34.2 Å². The van der Waals surface area contributed by atoms with E-state index in [0.717, 1.165) is 41.8 Å². The Morgan fingerprint density at radius 1 is 1.10 bits per heavy atom. The minimum Gasteiger partial charge on any atom is -0.478 e. The number of hydrogen-bond acceptors (Lipinski definition) is 7. The van der Waals surface area contributed by atoms with E-state index in [1.807, 2.05) is 25.5 Å². The van der Waals surface area contributed by atoms with Crippen molar-refractivity contribution < 1.29 is 50.2 Å². The number of aromatic nitrogens is 3. The van der Waals surface area contributed by atoms with Gasteiger partial charge in [0.25, 0.3) is 10.0 Å². The summed E-state index contributed by atoms with van der Waals surface area (Å²) in [6.07, 6.45) is -3.37. The first kappa shape index (κ1) is 32.9. The molecule has 17 heteroatoms. The zero-order chi connectivity index (χ0) is 31.3. The van der Waals surface area contributed by atoms with Gasteiger partial charge in [0.05, 0.1) is 21.8 Å². The van der Waals surface area contributed by atoms with Gasteiger partial charge in [0.1, 0.15) is 0 Å². The third-order valence-corrected chi connectivity index (χ3v) is 7.05. The van der Waals surface area contributed by atoms with Crippen molar-refractivity contribution in [3.8, 4) is 0 Å². The maximum atomic E-state index is 13.6. The molecule has 0 unspecified atom stereocenters. The number of aliphatic carboxylic acids is 1. The molecule has 224 valence electrons. The highest BCUT2D eigenvalue weighted by Gasteiger charge is 2.38. The van der Waals surface area contributed by atoms with Crippen molar-refractivity contribution in [2.45, 2.75) is 44.8 Å². The predicted molar refractivity (Wildman–Crippen MR) is 136 cm³/mol. The quantitative estimate of drug-likeness (QED) is 0.306. The Hall–Kier alpha value is -4.28. The molecule has 0 fully saturated rings. The molecule has 0 aliphatic rings. The molecule has 0 saturated carbocycles. The molecule has 11 nitrogen and oxygen atoms in total. The first-order valence-electron chi connectivity index (χ1n) is 11.6. The Balaban J connectivity index is 0.000000745. The normalized spacial score (nSPS) is 11.4. The monoisotopic (exact) mass is 607 g/mol. The number of aromatic carboxylic acids is 1. The van der Waals surface area contributed by atoms with Crippen LogP contribution in [0.2, 0.25) is 0 Å². The lowest BCUT2D eigenvalue weighted by Crippen LogP contribution is -2.25. The van der Waals surface area contributed by atoms with Crippen LogP contribution in [0, 0.1) is 25.5 Å². The first-order chi connectivity index (χ1) is 18.9. The maximum Gasteiger partial charge on any atom is 0.490 e. The Morgan fingerprint density at radius 2 is 1.71 bits per heavy atom. The third-order valence-electron chi connectivity index (χ3n) is 5.69. The summed E-state index contributed by atoms with van der Waals surface area (Å²) in [4.78, 5) is 25.6. The molecule has 0 saturated heterocycles. The van der Waals surface area contributed by atoms with Crippen LogP contribution in [0.5, 0.6) is 0 Å². The minimum atomic E-state index is -5.08. The molecule has 0 aliphatic carbocycles. The number of carboxylic acid groups (broad SMARTS) is 2. The smallest absolute Gasteiger partial charge is 0.478 e. The summed E-state index contributed by atoms with van der Waals surface area (Å²) in [6, 6.07) is 3.29. The number of rotatable bonds is 9. The summed E-state index contributed by atoms with van der Waals surface area (Å²) in [5.41, 5.74) is 2.63. The van der Waals surface area contributed by atoms with E-state index in [2.05, 4.69) is 14.8 Å². The second-order valence-corrected chi connectivity index (χ2v) is 10.2. The highest BCUT2D eigenvalue weighted by molar-refractivity contribution is 7.92. The van der Waals surface area contributed by atoms with E-state index in [-0.39, 0.29) is 17.1 Å². The van der Waals surface area contributed by atoms with E-state index < -0.39 is 44.7 Å². The van der Waals surface area contributed by atoms with Crippen LogP contribution in [-0.2, 0) is 27.8 Å². The van der Waals surface area contributed by atoms with Gasteiger partial charge in [-0.3, -0.25) is 9.40 Å². The van der Waals surface area contributed by atoms with Gasteiger partial charge < -0.3 is 15.1 Å². The average molecular weight is 608 g/mol. The van der Waals surface area contributed by atoms with Crippen LogP contribution in [0.4, 0.5) is 33.5 Å². The average Bonchev–Trinajstić information content (AvgIpc) is 3.15. The molecule has 2 aromatic heterocycles. The number of carboxylic acids is 2. The summed E-state index contributed by atoms with van der Waals surface area (Å²) >= 11 is 0. The number of nitrogens with zero attached hydrogens (tertiary/aromatic N) is 4. The lowest BCUT2D eigenvalue weighted by Gasteiger charge is -2.22. The fraction of sp³-hybridized carbons (Fsp3) is 0.333. The molecule has 1 aromatic carbocycles. The lowest BCUT2D eigenvalue weighted by atomic mass is 10.1. The number of nitrogens with one attached hydrogen (secondary N) is 1. The summed E-state index contributed by atoms with van der Waals surface area (Å²) < 4.78 is 88.4. The van der Waals surface area contributed by atoms with E-state index >= 15 is 0 Å². The second kappa shape index (κ2) is 12.9. The lowest BCUT2D eigenvalue weighted by molar-refractivity contribution is -0.192. The Kier molecular flexibility index (Phi) is 10.4. The Labute approximate surface area is 231 Å². The predicted octanol–water partition coefficient (Wildman–Crippen LogP) is 4.00. The Morgan fingerprint density at radius 3 is 2.20 bits per heavy atom. The largest absolute Gasteiger partial charge is 0.490 e. The zero-order valence-corrected chi connectivity index (χ0v) is 22.9. The molecule has 0 spiro atoms. The molecule has 0 atom stereocenters. The summed E-state index contributed by atoms with van der Waals surface area (Å²) in [6.45, 7) is 7.04. The highest BCUT2D eigenvalue weighted by Crippen LogP contribution is 2.28.